The van der Waals surface area contributed by atoms with Gasteiger partial charge in [0.05, 0.1) is 107 Å². The molecule has 1 aliphatic rings. The molecule has 1 unspecified atom stereocenters. The third-order valence-electron chi connectivity index (χ3n) is 21.2. The van der Waals surface area contributed by atoms with Crippen LogP contribution in [0.2, 0.25) is 0 Å². The minimum Gasteiger partial charge on any atom is -0.497 e. The van der Waals surface area contributed by atoms with Gasteiger partial charge in [0.2, 0.25) is 26.0 Å². The Balaban J connectivity index is 0.000000179. The number of rotatable bonds is 34. The maximum atomic E-state index is 14.2. The van der Waals surface area contributed by atoms with Gasteiger partial charge in [0.25, 0.3) is 16.7 Å². The first-order valence-corrected chi connectivity index (χ1v) is 42.8. The number of aromatic nitrogens is 6. The largest absolute Gasteiger partial charge is 0.497 e. The first-order chi connectivity index (χ1) is 58.5. The Kier molecular flexibility index (Phi) is 31.1. The van der Waals surface area contributed by atoms with Crippen LogP contribution in [0.5, 0.6) is 28.7 Å². The molecule has 9 aromatic carbocycles. The Labute approximate surface area is 707 Å². The number of hydrogen-bond donors (Lipinski definition) is 0. The van der Waals surface area contributed by atoms with Crippen LogP contribution in [0.15, 0.2) is 236 Å². The van der Waals surface area contributed by atoms with Crippen LogP contribution in [0.3, 0.4) is 0 Å². The Morgan fingerprint density at radius 3 is 1.15 bits per heavy atom. The van der Waals surface area contributed by atoms with Crippen molar-refractivity contribution < 1.29 is 62.9 Å². The van der Waals surface area contributed by atoms with Gasteiger partial charge in [-0.05, 0) is 262 Å². The zero-order chi connectivity index (χ0) is 87.4. The summed E-state index contributed by atoms with van der Waals surface area (Å²) < 4.78 is 142. The summed E-state index contributed by atoms with van der Waals surface area (Å²) >= 11 is 0. The number of methoxy groups -OCH3 is 5. The van der Waals surface area contributed by atoms with Crippen molar-refractivity contribution in [2.24, 2.45) is 0 Å². The molecule has 0 aliphatic carbocycles. The Bertz CT molecular complexity index is 5990. The van der Waals surface area contributed by atoms with E-state index in [1.165, 1.54) is 20.3 Å². The molecule has 1 aliphatic heterocycles. The normalized spacial score (nSPS) is 13.2. The number of nitrogens with zero attached hydrogens (tertiary/aromatic N) is 12. The van der Waals surface area contributed by atoms with E-state index >= 15 is 0 Å². The number of hydrogen-bond acceptors (Lipinski definition) is 19. The number of alkyl halides is 3. The molecular weight excluding hydrogens is 1610 g/mol. The highest BCUT2D eigenvalue weighted by Gasteiger charge is 2.35. The zero-order valence-corrected chi connectivity index (χ0v) is 71.6. The van der Waals surface area contributed by atoms with Crippen LogP contribution < -0.4 is 40.4 Å². The summed E-state index contributed by atoms with van der Waals surface area (Å²) in [7, 11) is 9.99. The summed E-state index contributed by atoms with van der Waals surface area (Å²) in [6.45, 7) is 4.02. The third-order valence-corrected chi connectivity index (χ3v) is 25.0. The molecule has 1 fully saturated rings. The molecule has 644 valence electrons. The number of ether oxygens (including phenoxy) is 5. The van der Waals surface area contributed by atoms with Crippen molar-refractivity contribution in [3.05, 3.63) is 278 Å². The second-order valence-electron chi connectivity index (χ2n) is 29.8. The lowest BCUT2D eigenvalue weighted by molar-refractivity contribution is -0.140. The van der Waals surface area contributed by atoms with Crippen LogP contribution in [0.25, 0.3) is 49.8 Å². The van der Waals surface area contributed by atoms with E-state index in [9.17, 15) is 53.6 Å². The number of amides is 1. The van der Waals surface area contributed by atoms with Gasteiger partial charge in [-0.2, -0.15) is 21.8 Å². The maximum Gasteiger partial charge on any atom is 0.419 e. The van der Waals surface area contributed by atoms with Crippen molar-refractivity contribution in [1.29, 1.82) is 0 Å². The molecule has 122 heavy (non-hydrogen) atoms. The molecule has 0 N–H and O–H groups in total. The maximum absolute atomic E-state index is 14.2. The Morgan fingerprint density at radius 2 is 0.803 bits per heavy atom. The van der Waals surface area contributed by atoms with Gasteiger partial charge < -0.3 is 43.3 Å². The molecule has 0 bridgehead atoms. The molecule has 13 rings (SSSR count). The summed E-state index contributed by atoms with van der Waals surface area (Å²) in [5, 5.41) is 1.44. The fourth-order valence-corrected chi connectivity index (χ4v) is 17.5. The minimum absolute atomic E-state index is 0.141. The predicted octanol–water partition coefficient (Wildman–Crippen LogP) is 12.8. The molecule has 3 aromatic heterocycles. The summed E-state index contributed by atoms with van der Waals surface area (Å²) in [6.07, 6.45) is -0.202. The van der Waals surface area contributed by atoms with Gasteiger partial charge in [-0.25, -0.2) is 36.2 Å². The lowest BCUT2D eigenvalue weighted by atomic mass is 10.1. The highest BCUT2D eigenvalue weighted by atomic mass is 32.2. The van der Waals surface area contributed by atoms with Crippen molar-refractivity contribution in [2.75, 3.05) is 130 Å². The number of carbonyl (C=O) groups is 1. The van der Waals surface area contributed by atoms with Crippen molar-refractivity contribution in [1.82, 2.24) is 56.9 Å². The number of fused-ring (bicyclic) bond motifs is 3. The van der Waals surface area contributed by atoms with Crippen molar-refractivity contribution in [3.63, 3.8) is 0 Å². The van der Waals surface area contributed by atoms with E-state index in [2.05, 4.69) is 11.9 Å². The highest BCUT2D eigenvalue weighted by molar-refractivity contribution is 7.89. The lowest BCUT2D eigenvalue weighted by Gasteiger charge is -2.26. The topological polar surface area (TPSA) is 256 Å². The van der Waals surface area contributed by atoms with Crippen LogP contribution in [-0.4, -0.2) is 215 Å². The fraction of sp³-hybridized carbons (Fsp3) is 0.330. The molecule has 1 atom stereocenters. The molecule has 1 amide bonds. The lowest BCUT2D eigenvalue weighted by Crippen LogP contribution is -2.38. The molecule has 31 heteroatoms. The molecule has 0 spiro atoms. The quantitative estimate of drug-likeness (QED) is 0.0340. The van der Waals surface area contributed by atoms with Gasteiger partial charge >= 0.3 is 6.18 Å². The van der Waals surface area contributed by atoms with Crippen molar-refractivity contribution in [2.45, 2.75) is 79.8 Å². The number of sulfonamides is 2. The van der Waals surface area contributed by atoms with E-state index in [4.69, 9.17) is 38.6 Å². The number of benzene rings is 9. The van der Waals surface area contributed by atoms with Crippen LogP contribution in [0, 0.1) is 5.82 Å². The van der Waals surface area contributed by atoms with Gasteiger partial charge in [-0.1, -0.05) is 42.5 Å². The number of carbonyl (C=O) groups excluding carboxylic acids is 1. The number of para-hydroxylation sites is 3. The van der Waals surface area contributed by atoms with Crippen LogP contribution in [0.1, 0.15) is 60.7 Å². The Morgan fingerprint density at radius 1 is 0.451 bits per heavy atom. The van der Waals surface area contributed by atoms with Crippen LogP contribution in [-0.2, 0) is 56.7 Å². The van der Waals surface area contributed by atoms with E-state index < -0.39 is 37.6 Å². The average Bonchev–Trinajstić information content (AvgIpc) is 1.42. The number of likely N-dealkylation sites (tertiary alicyclic amines) is 1. The Hall–Kier alpha value is -11.7. The van der Waals surface area contributed by atoms with E-state index in [-0.39, 0.29) is 83.3 Å². The molecule has 25 nitrogen and oxygen atoms in total. The molecule has 0 radical (unpaired) electrons. The number of halogens is 4. The van der Waals surface area contributed by atoms with Gasteiger partial charge in [0, 0.05) is 64.6 Å². The van der Waals surface area contributed by atoms with E-state index in [1.807, 2.05) is 68.3 Å². The van der Waals surface area contributed by atoms with Crippen molar-refractivity contribution in [3.8, 4) is 45.8 Å². The standard InChI is InChI=1S/C31H32F4N4O3.C31H36N4O5S.C29H34N4O5S/c1-37(2)16-6-17-38(29(40)20-21-9-14-25(26(32)19-21)31(33,34)35)18-15-28-36-27-8-5-4-7-24(27)30(41)39(28)22-10-12-23(42-3)13-11-22;1-33-20-6-7-23(33)18-21-34(41(37,38)27-16-14-26(40-3)15-17-27)22-19-30-32-29-9-5-4-8-28(29)31(36)35(30)24-10-12-25(39-2)13-11-24;1-31(2)19-7-20-32(39(35,36)25-16-14-24(38-4)15-17-25)21-18-28-30-27-9-6-5-8-26(27)29(34)33(28)22-10-12-23(37-3)13-11-22/h4-5,7-14,19H,6,15-18,20H2,1-3H3;4-5,8-17,23H,6-7,18-22H2,1-3H3;5-6,8-17H,7,18-21H2,1-4H3. The predicted molar refractivity (Wildman–Crippen MR) is 465 cm³/mol. The van der Waals surface area contributed by atoms with E-state index in [1.54, 1.807) is 206 Å². The van der Waals surface area contributed by atoms with Crippen LogP contribution in [0.4, 0.5) is 17.6 Å². The first-order valence-electron chi connectivity index (χ1n) is 39.9. The zero-order valence-electron chi connectivity index (χ0n) is 70.0. The monoisotopic (exact) mass is 1710 g/mol. The summed E-state index contributed by atoms with van der Waals surface area (Å²) in [5.74, 6) is 2.75. The summed E-state index contributed by atoms with van der Waals surface area (Å²) in [4.78, 5) is 76.9. The van der Waals surface area contributed by atoms with Crippen LogP contribution >= 0.6 is 0 Å². The fourth-order valence-electron chi connectivity index (χ4n) is 14.5. The molecule has 1 saturated heterocycles. The third kappa shape index (κ3) is 22.7. The van der Waals surface area contributed by atoms with Gasteiger partial charge in [-0.15, -0.1) is 0 Å². The summed E-state index contributed by atoms with van der Waals surface area (Å²) in [5.41, 5.74) is 1.62. The minimum atomic E-state index is -4.82. The van der Waals surface area contributed by atoms with Gasteiger partial charge in [0.1, 0.15) is 52.0 Å². The second-order valence-corrected chi connectivity index (χ2v) is 33.7. The molecule has 4 heterocycles. The molecule has 12 aromatic rings. The smallest absolute Gasteiger partial charge is 0.419 e. The SMILES string of the molecule is COc1ccc(-n2c(CCN(CCC3CCCN3C)S(=O)(=O)c3ccc(OC)cc3)nc3ccccc3c2=O)cc1.COc1ccc(-n2c(CCN(CCCN(C)C)C(=O)Cc3ccc(C(F)(F)F)c(F)c3)nc3ccccc3c2=O)cc1.COc1ccc(-n2c(CCN(CCCN(C)C)S(=O)(=O)c3ccc(OC)cc3)nc3ccccc3c2=O)cc1. The molecule has 0 saturated carbocycles. The van der Waals surface area contributed by atoms with Crippen molar-refractivity contribution >= 4 is 58.7 Å². The first kappa shape index (κ1) is 91.0. The average molecular weight is 1710 g/mol. The second kappa shape index (κ2) is 41.7. The van der Waals surface area contributed by atoms with E-state index in [0.717, 1.165) is 44.5 Å². The summed E-state index contributed by atoms with van der Waals surface area (Å²) in [6, 6.07) is 58.4. The van der Waals surface area contributed by atoms with Gasteiger partial charge in [0.15, 0.2) is 0 Å². The van der Waals surface area contributed by atoms with E-state index in [0.29, 0.717) is 147 Å². The highest BCUT2D eigenvalue weighted by Crippen LogP contribution is 2.33. The van der Waals surface area contributed by atoms with Gasteiger partial charge in [-0.3, -0.25) is 32.9 Å². The molecular formula is C91H102F4N12O13S2.